The highest BCUT2D eigenvalue weighted by Gasteiger charge is 2.03. The molecule has 1 N–H and O–H groups in total. The van der Waals surface area contributed by atoms with Crippen molar-refractivity contribution in [1.82, 2.24) is 5.32 Å². The lowest BCUT2D eigenvalue weighted by Crippen LogP contribution is -2.27. The molecule has 2 aromatic carbocycles. The maximum atomic E-state index is 5.88. The molecule has 1 unspecified atom stereocenters. The van der Waals surface area contributed by atoms with Crippen LogP contribution in [0.3, 0.4) is 0 Å². The number of rotatable bonds is 5. The molecule has 0 aliphatic heterocycles. The summed E-state index contributed by atoms with van der Waals surface area (Å²) in [5.74, 6) is 0. The second-order valence-electron chi connectivity index (χ2n) is 4.74. The molecule has 19 heavy (non-hydrogen) atoms. The van der Waals surface area contributed by atoms with Crippen molar-refractivity contribution in [1.29, 1.82) is 0 Å². The second-order valence-corrected chi connectivity index (χ2v) is 6.09. The van der Waals surface area contributed by atoms with E-state index in [4.69, 9.17) is 11.6 Å². The smallest absolute Gasteiger partial charge is 0.0406 e. The highest BCUT2D eigenvalue weighted by molar-refractivity contribution is 9.10. The minimum absolute atomic E-state index is 0.435. The molecule has 3 heteroatoms. The Bertz CT molecular complexity index is 507. The predicted molar refractivity (Wildman–Crippen MR) is 85.6 cm³/mol. The summed E-state index contributed by atoms with van der Waals surface area (Å²) in [7, 11) is 0. The van der Waals surface area contributed by atoms with Crippen LogP contribution in [0.2, 0.25) is 5.02 Å². The van der Waals surface area contributed by atoms with Gasteiger partial charge in [-0.1, -0.05) is 51.8 Å². The van der Waals surface area contributed by atoms with Gasteiger partial charge in [-0.05, 0) is 48.7 Å². The molecule has 0 heterocycles. The molecule has 0 aliphatic rings. The Kier molecular flexibility index (Phi) is 5.44. The fourth-order valence-corrected chi connectivity index (χ4v) is 2.33. The first-order chi connectivity index (χ1) is 9.13. The lowest BCUT2D eigenvalue weighted by atomic mass is 10.1. The molecule has 0 amide bonds. The Hall–Kier alpha value is -0.830. The molecule has 1 nitrogen and oxygen atoms in total. The fraction of sp³-hybridized carbons (Fsp3) is 0.250. The van der Waals surface area contributed by atoms with Crippen LogP contribution in [0.25, 0.3) is 0 Å². The van der Waals surface area contributed by atoms with Gasteiger partial charge < -0.3 is 5.32 Å². The van der Waals surface area contributed by atoms with Crippen molar-refractivity contribution >= 4 is 27.5 Å². The van der Waals surface area contributed by atoms with Gasteiger partial charge in [0.1, 0.15) is 0 Å². The lowest BCUT2D eigenvalue weighted by Gasteiger charge is -2.14. The molecule has 0 aromatic heterocycles. The molecule has 0 saturated carbocycles. The van der Waals surface area contributed by atoms with Crippen molar-refractivity contribution in [3.8, 4) is 0 Å². The number of hydrogen-bond donors (Lipinski definition) is 1. The van der Waals surface area contributed by atoms with E-state index in [-0.39, 0.29) is 0 Å². The van der Waals surface area contributed by atoms with Crippen LogP contribution in [0.4, 0.5) is 0 Å². The topological polar surface area (TPSA) is 12.0 Å². The first kappa shape index (κ1) is 14.6. The standard InChI is InChI=1S/C16H17BrClN/c1-12(10-13-4-8-16(18)9-5-13)19-11-14-2-6-15(17)7-3-14/h2-9,12,19H,10-11H2,1H3. The zero-order chi connectivity index (χ0) is 13.7. The summed E-state index contributed by atoms with van der Waals surface area (Å²) in [6.07, 6.45) is 1.01. The second kappa shape index (κ2) is 7.09. The van der Waals surface area contributed by atoms with E-state index >= 15 is 0 Å². The molecule has 0 fully saturated rings. The summed E-state index contributed by atoms with van der Waals surface area (Å²) < 4.78 is 1.12. The van der Waals surface area contributed by atoms with E-state index in [9.17, 15) is 0 Å². The molecule has 2 rings (SSSR count). The van der Waals surface area contributed by atoms with Crippen molar-refractivity contribution in [2.24, 2.45) is 0 Å². The predicted octanol–water partition coefficient (Wildman–Crippen LogP) is 4.82. The lowest BCUT2D eigenvalue weighted by molar-refractivity contribution is 0.545. The minimum Gasteiger partial charge on any atom is -0.310 e. The maximum absolute atomic E-state index is 5.88. The zero-order valence-electron chi connectivity index (χ0n) is 10.9. The van der Waals surface area contributed by atoms with Crippen LogP contribution in [0, 0.1) is 0 Å². The molecule has 0 bridgehead atoms. The van der Waals surface area contributed by atoms with Crippen molar-refractivity contribution in [2.45, 2.75) is 25.9 Å². The largest absolute Gasteiger partial charge is 0.310 e. The Balaban J connectivity index is 1.82. The summed E-state index contributed by atoms with van der Waals surface area (Å²) in [5, 5.41) is 4.32. The van der Waals surface area contributed by atoms with Crippen molar-refractivity contribution in [2.75, 3.05) is 0 Å². The van der Waals surface area contributed by atoms with Gasteiger partial charge in [0.25, 0.3) is 0 Å². The van der Waals surface area contributed by atoms with Gasteiger partial charge in [-0.2, -0.15) is 0 Å². The Labute approximate surface area is 128 Å². The maximum Gasteiger partial charge on any atom is 0.0406 e. The minimum atomic E-state index is 0.435. The first-order valence-corrected chi connectivity index (χ1v) is 7.53. The number of nitrogens with one attached hydrogen (secondary N) is 1. The van der Waals surface area contributed by atoms with E-state index in [2.05, 4.69) is 64.6 Å². The molecule has 2 aromatic rings. The molecule has 1 atom stereocenters. The molecule has 0 saturated heterocycles. The fourth-order valence-electron chi connectivity index (χ4n) is 1.94. The van der Waals surface area contributed by atoms with Gasteiger partial charge in [0.05, 0.1) is 0 Å². The van der Waals surface area contributed by atoms with Crippen molar-refractivity contribution < 1.29 is 0 Å². The van der Waals surface area contributed by atoms with Gasteiger partial charge in [-0.3, -0.25) is 0 Å². The SMILES string of the molecule is CC(Cc1ccc(Cl)cc1)NCc1ccc(Br)cc1. The van der Waals surface area contributed by atoms with E-state index in [1.807, 2.05) is 12.1 Å². The monoisotopic (exact) mass is 337 g/mol. The van der Waals surface area contributed by atoms with Gasteiger partial charge >= 0.3 is 0 Å². The van der Waals surface area contributed by atoms with Crippen molar-refractivity contribution in [3.63, 3.8) is 0 Å². The van der Waals surface area contributed by atoms with Crippen LogP contribution in [-0.4, -0.2) is 6.04 Å². The molecule has 0 aliphatic carbocycles. The third kappa shape index (κ3) is 4.98. The summed E-state index contributed by atoms with van der Waals surface area (Å²) in [6, 6.07) is 16.9. The summed E-state index contributed by atoms with van der Waals surface area (Å²) in [6.45, 7) is 3.09. The van der Waals surface area contributed by atoms with Gasteiger partial charge in [0.2, 0.25) is 0 Å². The molecule has 0 radical (unpaired) electrons. The van der Waals surface area contributed by atoms with E-state index < -0.39 is 0 Å². The number of hydrogen-bond acceptors (Lipinski definition) is 1. The summed E-state index contributed by atoms with van der Waals surface area (Å²) in [5.41, 5.74) is 2.60. The third-order valence-electron chi connectivity index (χ3n) is 3.02. The van der Waals surface area contributed by atoms with Gasteiger partial charge in [-0.25, -0.2) is 0 Å². The summed E-state index contributed by atoms with van der Waals surface area (Å²) >= 11 is 9.33. The van der Waals surface area contributed by atoms with Crippen LogP contribution in [0.5, 0.6) is 0 Å². The normalized spacial score (nSPS) is 12.4. The van der Waals surface area contributed by atoms with E-state index in [1.54, 1.807) is 0 Å². The Morgan fingerprint density at radius 2 is 1.58 bits per heavy atom. The molecular formula is C16H17BrClN. The van der Waals surface area contributed by atoms with Gasteiger partial charge in [-0.15, -0.1) is 0 Å². The Morgan fingerprint density at radius 3 is 2.21 bits per heavy atom. The van der Waals surface area contributed by atoms with Gasteiger partial charge in [0, 0.05) is 22.1 Å². The van der Waals surface area contributed by atoms with E-state index in [0.717, 1.165) is 22.5 Å². The number of halogens is 2. The van der Waals surface area contributed by atoms with E-state index in [0.29, 0.717) is 6.04 Å². The zero-order valence-corrected chi connectivity index (χ0v) is 13.2. The van der Waals surface area contributed by atoms with Gasteiger partial charge in [0.15, 0.2) is 0 Å². The highest BCUT2D eigenvalue weighted by atomic mass is 79.9. The van der Waals surface area contributed by atoms with Crippen LogP contribution in [0.1, 0.15) is 18.1 Å². The Morgan fingerprint density at radius 1 is 1.00 bits per heavy atom. The molecule has 100 valence electrons. The van der Waals surface area contributed by atoms with Crippen LogP contribution < -0.4 is 5.32 Å². The highest BCUT2D eigenvalue weighted by Crippen LogP contribution is 2.12. The number of benzene rings is 2. The average Bonchev–Trinajstić information content (AvgIpc) is 2.41. The van der Waals surface area contributed by atoms with Crippen LogP contribution in [-0.2, 0) is 13.0 Å². The van der Waals surface area contributed by atoms with Crippen LogP contribution in [0.15, 0.2) is 53.0 Å². The third-order valence-corrected chi connectivity index (χ3v) is 3.80. The quantitative estimate of drug-likeness (QED) is 0.824. The molecular weight excluding hydrogens is 322 g/mol. The summed E-state index contributed by atoms with van der Waals surface area (Å²) in [4.78, 5) is 0. The average molecular weight is 339 g/mol. The van der Waals surface area contributed by atoms with E-state index in [1.165, 1.54) is 11.1 Å². The molecule has 0 spiro atoms. The van der Waals surface area contributed by atoms with Crippen molar-refractivity contribution in [3.05, 3.63) is 69.2 Å². The first-order valence-electron chi connectivity index (χ1n) is 6.36. The van der Waals surface area contributed by atoms with Crippen LogP contribution >= 0.6 is 27.5 Å².